The smallest absolute Gasteiger partial charge is 0.342 e. The van der Waals surface area contributed by atoms with Gasteiger partial charge in [0.25, 0.3) is 23.6 Å². The van der Waals surface area contributed by atoms with Crippen LogP contribution in [0, 0.1) is 5.82 Å². The molecule has 1 saturated carbocycles. The van der Waals surface area contributed by atoms with Crippen molar-refractivity contribution in [2.45, 2.75) is 81.7 Å². The Kier molecular flexibility index (Phi) is 11.7. The van der Waals surface area contributed by atoms with Crippen molar-refractivity contribution in [3.63, 3.8) is 0 Å². The van der Waals surface area contributed by atoms with Gasteiger partial charge in [0.05, 0.1) is 41.8 Å². The van der Waals surface area contributed by atoms with Crippen LogP contribution in [0.4, 0.5) is 24.5 Å². The van der Waals surface area contributed by atoms with Gasteiger partial charge in [-0.1, -0.05) is 18.9 Å². The van der Waals surface area contributed by atoms with Crippen molar-refractivity contribution in [3.05, 3.63) is 70.4 Å². The summed E-state index contributed by atoms with van der Waals surface area (Å²) in [5.74, 6) is -8.12. The van der Waals surface area contributed by atoms with E-state index in [1.165, 1.54) is 30.3 Å². The number of carbonyl (C=O) groups is 7. The summed E-state index contributed by atoms with van der Waals surface area (Å²) < 4.78 is 45.5. The zero-order chi connectivity index (χ0) is 45.7. The Morgan fingerprint density at radius 2 is 1.65 bits per heavy atom. The van der Waals surface area contributed by atoms with Crippen molar-refractivity contribution < 1.29 is 46.7 Å². The van der Waals surface area contributed by atoms with Crippen LogP contribution in [0.1, 0.15) is 82.4 Å². The number of anilines is 2. The fourth-order valence-corrected chi connectivity index (χ4v) is 9.90. The lowest BCUT2D eigenvalue weighted by atomic mass is 10.0. The van der Waals surface area contributed by atoms with Gasteiger partial charge in [0.2, 0.25) is 17.7 Å². The van der Waals surface area contributed by atoms with E-state index in [1.807, 2.05) is 9.80 Å². The highest BCUT2D eigenvalue weighted by atomic mass is 19.3. The number of hydrogen-bond acceptors (Lipinski definition) is 13. The first-order valence-electron chi connectivity index (χ1n) is 22.1. The minimum absolute atomic E-state index is 0.0258. The summed E-state index contributed by atoms with van der Waals surface area (Å²) >= 11 is 0. The molecule has 2 atom stereocenters. The van der Waals surface area contributed by atoms with Gasteiger partial charge in [0.15, 0.2) is 6.29 Å². The zero-order valence-corrected chi connectivity index (χ0v) is 35.8. The first-order valence-corrected chi connectivity index (χ1v) is 22.1. The quantitative estimate of drug-likeness (QED) is 0.266. The Hall–Kier alpha value is -6.51. The third kappa shape index (κ3) is 8.48. The van der Waals surface area contributed by atoms with Crippen LogP contribution in [-0.4, -0.2) is 162 Å². The van der Waals surface area contributed by atoms with Crippen molar-refractivity contribution in [2.24, 2.45) is 4.99 Å². The van der Waals surface area contributed by atoms with E-state index in [-0.39, 0.29) is 65.5 Å². The van der Waals surface area contributed by atoms with E-state index in [1.54, 1.807) is 23.1 Å². The lowest BCUT2D eigenvalue weighted by Gasteiger charge is -2.38. The molecule has 6 heterocycles. The minimum atomic E-state index is -3.61. The molecule has 0 aromatic heterocycles. The molecule has 7 amide bonds. The average molecular weight is 902 g/mol. The summed E-state index contributed by atoms with van der Waals surface area (Å²) in [6.45, 7) is 2.27. The second kappa shape index (κ2) is 17.5. The van der Waals surface area contributed by atoms with Crippen LogP contribution in [0.5, 0.6) is 0 Å². The topological polar surface area (TPSA) is 199 Å². The van der Waals surface area contributed by atoms with Gasteiger partial charge in [-0.3, -0.25) is 48.7 Å². The molecule has 4 fully saturated rings. The summed E-state index contributed by atoms with van der Waals surface area (Å²) in [7, 11) is 1.28. The van der Waals surface area contributed by atoms with Crippen molar-refractivity contribution >= 4 is 58.9 Å². The molecule has 21 heteroatoms. The molecule has 0 spiro atoms. The number of nitrogens with zero attached hydrogens (tertiary/aromatic N) is 7. The number of benzene rings is 2. The van der Waals surface area contributed by atoms with Crippen molar-refractivity contribution in [2.75, 3.05) is 69.6 Å². The minimum Gasteiger partial charge on any atom is -0.368 e. The number of fused-ring (bicyclic) bond motifs is 1. The SMILES string of the molecule is CN1C(=O)C(F)(F)CN(C2CCCC2)C2=C1C=NC(Nc1ccc(C(=O)NC3CCN(C(=O)CN4CCN(c5cccc6c5C(=O)N(C5CCC(=O)NC5=O)C6=O)CC4)CC3)cc1F)N2. The molecule has 0 radical (unpaired) electrons. The summed E-state index contributed by atoms with van der Waals surface area (Å²) in [5, 5.41) is 11.2. The Bertz CT molecular complexity index is 2390. The van der Waals surface area contributed by atoms with E-state index in [2.05, 4.69) is 26.3 Å². The molecule has 7 aliphatic rings. The Balaban J connectivity index is 0.739. The van der Waals surface area contributed by atoms with E-state index in [9.17, 15) is 33.6 Å². The maximum absolute atomic E-state index is 15.5. The van der Waals surface area contributed by atoms with Gasteiger partial charge in [-0.15, -0.1) is 0 Å². The van der Waals surface area contributed by atoms with E-state index in [4.69, 9.17) is 0 Å². The van der Waals surface area contributed by atoms with Gasteiger partial charge in [0.1, 0.15) is 23.4 Å². The number of rotatable bonds is 9. The molecule has 344 valence electrons. The van der Waals surface area contributed by atoms with Gasteiger partial charge in [0, 0.05) is 70.4 Å². The van der Waals surface area contributed by atoms with E-state index in [0.717, 1.165) is 28.7 Å². The molecular formula is C44H50F3N11O7. The van der Waals surface area contributed by atoms with E-state index in [0.29, 0.717) is 76.5 Å². The number of hydrogen-bond donors (Lipinski definition) is 4. The lowest BCUT2D eigenvalue weighted by Crippen LogP contribution is -2.54. The standard InChI is InChI=1S/C44H50F3N11O7/c1-53-33-22-48-43(52-37(33)57(27-5-2-3-6-27)24-44(46,47)42(53)65)50-30-10-9-25(21-29(30)45)38(61)49-26-13-15-56(16-14-26)35(60)23-54-17-19-55(20-18-54)31-8-4-7-28-36(31)41(64)58(40(28)63)32-11-12-34(59)51-39(32)62/h4,7-10,21-22,26-27,32,43,50,52H,2-3,5-6,11-20,23-24H2,1H3,(H,49,61)(H,51,59,62). The number of amides is 7. The van der Waals surface area contributed by atoms with E-state index < -0.39 is 66.1 Å². The molecule has 9 rings (SSSR count). The largest absolute Gasteiger partial charge is 0.368 e. The van der Waals surface area contributed by atoms with Gasteiger partial charge in [-0.2, -0.15) is 8.78 Å². The molecule has 2 unspecified atom stereocenters. The molecule has 1 aliphatic carbocycles. The molecule has 6 aliphatic heterocycles. The molecule has 2 aromatic carbocycles. The number of alkyl halides is 2. The Labute approximate surface area is 372 Å². The molecule has 2 aromatic rings. The Morgan fingerprint density at radius 1 is 0.908 bits per heavy atom. The van der Waals surface area contributed by atoms with Crippen molar-refractivity contribution in [1.82, 2.24) is 40.4 Å². The average Bonchev–Trinajstić information content (AvgIpc) is 3.91. The summed E-state index contributed by atoms with van der Waals surface area (Å²) in [5.41, 5.74) is 1.34. The molecule has 3 saturated heterocycles. The van der Waals surface area contributed by atoms with Crippen LogP contribution in [0.15, 0.2) is 52.9 Å². The van der Waals surface area contributed by atoms with Crippen LogP contribution < -0.4 is 26.2 Å². The normalized spacial score (nSPS) is 24.2. The number of nitrogens with one attached hydrogen (secondary N) is 4. The molecule has 65 heavy (non-hydrogen) atoms. The predicted molar refractivity (Wildman–Crippen MR) is 228 cm³/mol. The highest BCUT2D eigenvalue weighted by Crippen LogP contribution is 2.36. The number of carbonyl (C=O) groups excluding carboxylic acids is 7. The fourth-order valence-electron chi connectivity index (χ4n) is 9.90. The van der Waals surface area contributed by atoms with Crippen LogP contribution in [0.25, 0.3) is 0 Å². The number of likely N-dealkylation sites (tertiary alicyclic amines) is 1. The first kappa shape index (κ1) is 43.7. The number of halogens is 3. The van der Waals surface area contributed by atoms with Crippen LogP contribution in [0.3, 0.4) is 0 Å². The fraction of sp³-hybridized carbons (Fsp3) is 0.500. The maximum Gasteiger partial charge on any atom is 0.342 e. The second-order valence-corrected chi connectivity index (χ2v) is 17.6. The molecule has 4 N–H and O–H groups in total. The summed E-state index contributed by atoms with van der Waals surface area (Å²) in [6.07, 6.45) is 4.66. The first-order chi connectivity index (χ1) is 31.2. The highest BCUT2D eigenvalue weighted by molar-refractivity contribution is 6.25. The summed E-state index contributed by atoms with van der Waals surface area (Å²) in [4.78, 5) is 104. The maximum atomic E-state index is 15.5. The van der Waals surface area contributed by atoms with E-state index >= 15 is 13.2 Å². The van der Waals surface area contributed by atoms with Crippen LogP contribution in [-0.2, 0) is 19.2 Å². The Morgan fingerprint density at radius 3 is 2.35 bits per heavy atom. The molecular weight excluding hydrogens is 852 g/mol. The lowest BCUT2D eigenvalue weighted by molar-refractivity contribution is -0.154. The van der Waals surface area contributed by atoms with Crippen LogP contribution in [0.2, 0.25) is 0 Å². The number of allylic oxidation sites excluding steroid dienone is 1. The van der Waals surface area contributed by atoms with Crippen molar-refractivity contribution in [3.8, 4) is 0 Å². The van der Waals surface area contributed by atoms with Gasteiger partial charge in [-0.25, -0.2) is 9.38 Å². The number of imide groups is 2. The monoisotopic (exact) mass is 901 g/mol. The van der Waals surface area contributed by atoms with Gasteiger partial charge >= 0.3 is 5.92 Å². The van der Waals surface area contributed by atoms with Crippen LogP contribution >= 0.6 is 0 Å². The molecule has 18 nitrogen and oxygen atoms in total. The zero-order valence-electron chi connectivity index (χ0n) is 35.8. The number of piperazine rings is 1. The third-order valence-electron chi connectivity index (χ3n) is 13.5. The molecule has 0 bridgehead atoms. The van der Waals surface area contributed by atoms with Gasteiger partial charge in [-0.05, 0) is 62.4 Å². The predicted octanol–water partition coefficient (Wildman–Crippen LogP) is 1.66. The second-order valence-electron chi connectivity index (χ2n) is 17.6. The van der Waals surface area contributed by atoms with Gasteiger partial charge < -0.3 is 35.6 Å². The van der Waals surface area contributed by atoms with Crippen molar-refractivity contribution in [1.29, 1.82) is 0 Å². The third-order valence-corrected chi connectivity index (χ3v) is 13.5. The summed E-state index contributed by atoms with van der Waals surface area (Å²) in [6, 6.07) is 7.52. The number of piperidine rings is 2. The highest BCUT2D eigenvalue weighted by Gasteiger charge is 2.50. The number of aliphatic imine (C=N–C) groups is 1.